The summed E-state index contributed by atoms with van der Waals surface area (Å²) >= 11 is 0. The van der Waals surface area contributed by atoms with Crippen molar-refractivity contribution < 1.29 is 0 Å². The van der Waals surface area contributed by atoms with Gasteiger partial charge in [0.05, 0.1) is 11.4 Å². The summed E-state index contributed by atoms with van der Waals surface area (Å²) in [6.07, 6.45) is 0. The molecule has 23 heavy (non-hydrogen) atoms. The van der Waals surface area contributed by atoms with Crippen molar-refractivity contribution in [2.75, 3.05) is 12.4 Å². The zero-order valence-electron chi connectivity index (χ0n) is 13.6. The Labute approximate surface area is 137 Å². The average molecular weight is 303 g/mol. The van der Waals surface area contributed by atoms with E-state index < -0.39 is 0 Å². The Bertz CT molecular complexity index is 847. The van der Waals surface area contributed by atoms with Crippen LogP contribution in [0.1, 0.15) is 16.8 Å². The number of hydrogen-bond acceptors (Lipinski definition) is 3. The molecule has 2 aromatic carbocycles. The molecule has 0 fully saturated rings. The van der Waals surface area contributed by atoms with Crippen molar-refractivity contribution in [2.24, 2.45) is 0 Å². The van der Waals surface area contributed by atoms with E-state index in [2.05, 4.69) is 70.7 Å². The van der Waals surface area contributed by atoms with Gasteiger partial charge >= 0.3 is 0 Å². The minimum absolute atomic E-state index is 0.727. The Morgan fingerprint density at radius 2 is 1.83 bits per heavy atom. The highest BCUT2D eigenvalue weighted by molar-refractivity contribution is 5.85. The van der Waals surface area contributed by atoms with Gasteiger partial charge in [-0.05, 0) is 34.9 Å². The van der Waals surface area contributed by atoms with Gasteiger partial charge in [0.2, 0.25) is 0 Å². The van der Waals surface area contributed by atoms with Crippen molar-refractivity contribution in [3.63, 3.8) is 0 Å². The zero-order valence-corrected chi connectivity index (χ0v) is 13.6. The van der Waals surface area contributed by atoms with Gasteiger partial charge in [-0.2, -0.15) is 0 Å². The molecule has 0 atom stereocenters. The van der Waals surface area contributed by atoms with Gasteiger partial charge in [-0.15, -0.1) is 0 Å². The minimum Gasteiger partial charge on any atom is -0.380 e. The van der Waals surface area contributed by atoms with E-state index in [1.165, 1.54) is 16.3 Å². The highest BCUT2D eigenvalue weighted by atomic mass is 15.0. The number of benzene rings is 2. The lowest BCUT2D eigenvalue weighted by Crippen LogP contribution is -2.13. The predicted octanol–water partition coefficient (Wildman–Crippen LogP) is 4.35. The van der Waals surface area contributed by atoms with Gasteiger partial charge in [0, 0.05) is 13.6 Å². The van der Waals surface area contributed by atoms with Crippen LogP contribution >= 0.6 is 0 Å². The fourth-order valence-electron chi connectivity index (χ4n) is 2.71. The molecule has 116 valence electrons. The summed E-state index contributed by atoms with van der Waals surface area (Å²) in [5.41, 5.74) is 4.11. The van der Waals surface area contributed by atoms with Crippen LogP contribution in [0.25, 0.3) is 16.5 Å². The van der Waals surface area contributed by atoms with Crippen molar-refractivity contribution >= 4 is 22.3 Å². The molecule has 3 heteroatoms. The molecule has 2 N–H and O–H groups in total. The minimum atomic E-state index is 0.727. The fourth-order valence-corrected chi connectivity index (χ4v) is 2.71. The number of nitrogens with zero attached hydrogens (tertiary/aromatic N) is 1. The van der Waals surface area contributed by atoms with Gasteiger partial charge in [0.25, 0.3) is 0 Å². The van der Waals surface area contributed by atoms with Crippen LogP contribution < -0.4 is 10.6 Å². The maximum atomic E-state index is 4.59. The summed E-state index contributed by atoms with van der Waals surface area (Å²) in [7, 11) is 1.87. The Balaban J connectivity index is 1.81. The quantitative estimate of drug-likeness (QED) is 0.736. The number of anilines is 1. The standard InChI is InChI=1S/C20H21N3/c1-14-11-12-19(21-3)23-20(14)15(2)22-13-17-9-6-8-16-7-4-5-10-18(16)17/h4-12,22H,2,13H2,1,3H3,(H,21,23). The third-order valence-electron chi connectivity index (χ3n) is 4.01. The SMILES string of the molecule is C=C(NCc1cccc2ccccc12)c1nc(NC)ccc1C. The first kappa shape index (κ1) is 15.1. The number of nitrogens with one attached hydrogen (secondary N) is 2. The molecule has 0 unspecified atom stereocenters. The normalized spacial score (nSPS) is 10.5. The molecule has 0 saturated heterocycles. The number of hydrogen-bond donors (Lipinski definition) is 2. The molecule has 0 bridgehead atoms. The molecule has 1 aromatic heterocycles. The molecule has 0 aliphatic rings. The monoisotopic (exact) mass is 303 g/mol. The van der Waals surface area contributed by atoms with Gasteiger partial charge in [0.1, 0.15) is 5.82 Å². The van der Waals surface area contributed by atoms with E-state index in [1.54, 1.807) is 0 Å². The summed E-state index contributed by atoms with van der Waals surface area (Å²) in [5, 5.41) is 9.00. The van der Waals surface area contributed by atoms with E-state index in [4.69, 9.17) is 0 Å². The zero-order chi connectivity index (χ0) is 16.2. The van der Waals surface area contributed by atoms with Crippen LogP contribution in [-0.2, 0) is 6.54 Å². The third-order valence-corrected chi connectivity index (χ3v) is 4.01. The number of fused-ring (bicyclic) bond motifs is 1. The highest BCUT2D eigenvalue weighted by Crippen LogP contribution is 2.20. The number of aromatic nitrogens is 1. The summed E-state index contributed by atoms with van der Waals surface area (Å²) < 4.78 is 0. The molecule has 0 spiro atoms. The molecule has 0 aliphatic carbocycles. The van der Waals surface area contributed by atoms with Gasteiger partial charge in [-0.1, -0.05) is 55.1 Å². The van der Waals surface area contributed by atoms with Crippen LogP contribution in [0, 0.1) is 6.92 Å². The van der Waals surface area contributed by atoms with Crippen molar-refractivity contribution in [1.82, 2.24) is 10.3 Å². The van der Waals surface area contributed by atoms with Gasteiger partial charge in [0.15, 0.2) is 0 Å². The third kappa shape index (κ3) is 3.19. The van der Waals surface area contributed by atoms with E-state index in [0.29, 0.717) is 0 Å². The first-order chi connectivity index (χ1) is 11.2. The highest BCUT2D eigenvalue weighted by Gasteiger charge is 2.07. The van der Waals surface area contributed by atoms with Crippen LogP contribution in [0.3, 0.4) is 0 Å². The summed E-state index contributed by atoms with van der Waals surface area (Å²) in [6.45, 7) is 6.93. The molecular weight excluding hydrogens is 282 g/mol. The second kappa shape index (κ2) is 6.53. The van der Waals surface area contributed by atoms with Crippen molar-refractivity contribution in [2.45, 2.75) is 13.5 Å². The molecule has 0 amide bonds. The van der Waals surface area contributed by atoms with Crippen LogP contribution in [0.5, 0.6) is 0 Å². The molecule has 3 rings (SSSR count). The molecule has 1 heterocycles. The number of aryl methyl sites for hydroxylation is 1. The average Bonchev–Trinajstić information content (AvgIpc) is 2.60. The Hall–Kier alpha value is -2.81. The van der Waals surface area contributed by atoms with E-state index in [9.17, 15) is 0 Å². The molecular formula is C20H21N3. The first-order valence-electron chi connectivity index (χ1n) is 7.74. The number of rotatable bonds is 5. The molecule has 0 radical (unpaired) electrons. The van der Waals surface area contributed by atoms with Crippen LogP contribution in [-0.4, -0.2) is 12.0 Å². The molecule has 0 aliphatic heterocycles. The molecule has 0 saturated carbocycles. The Kier molecular flexibility index (Phi) is 4.29. The van der Waals surface area contributed by atoms with Crippen molar-refractivity contribution in [3.8, 4) is 0 Å². The van der Waals surface area contributed by atoms with E-state index >= 15 is 0 Å². The first-order valence-corrected chi connectivity index (χ1v) is 7.74. The van der Waals surface area contributed by atoms with Gasteiger partial charge in [-0.25, -0.2) is 4.98 Å². The van der Waals surface area contributed by atoms with Crippen LogP contribution in [0.2, 0.25) is 0 Å². The van der Waals surface area contributed by atoms with Gasteiger partial charge < -0.3 is 10.6 Å². The fraction of sp³-hybridized carbons (Fsp3) is 0.150. The second-order valence-corrected chi connectivity index (χ2v) is 5.58. The largest absolute Gasteiger partial charge is 0.380 e. The second-order valence-electron chi connectivity index (χ2n) is 5.58. The van der Waals surface area contributed by atoms with Crippen LogP contribution in [0.4, 0.5) is 5.82 Å². The van der Waals surface area contributed by atoms with Crippen molar-refractivity contribution in [3.05, 3.63) is 78.0 Å². The Morgan fingerprint density at radius 1 is 1.04 bits per heavy atom. The Morgan fingerprint density at radius 3 is 2.65 bits per heavy atom. The summed E-state index contributed by atoms with van der Waals surface area (Å²) in [6, 6.07) is 18.8. The lowest BCUT2D eigenvalue weighted by molar-refractivity contribution is 0.890. The van der Waals surface area contributed by atoms with E-state index in [0.717, 1.165) is 29.3 Å². The van der Waals surface area contributed by atoms with Crippen LogP contribution in [0.15, 0.2) is 61.2 Å². The molecule has 3 nitrogen and oxygen atoms in total. The molecule has 3 aromatic rings. The topological polar surface area (TPSA) is 37.0 Å². The lowest BCUT2D eigenvalue weighted by atomic mass is 10.0. The smallest absolute Gasteiger partial charge is 0.126 e. The maximum Gasteiger partial charge on any atom is 0.126 e. The lowest BCUT2D eigenvalue weighted by Gasteiger charge is -2.14. The van der Waals surface area contributed by atoms with E-state index in [1.807, 2.05) is 20.0 Å². The number of pyridine rings is 1. The van der Waals surface area contributed by atoms with Gasteiger partial charge in [-0.3, -0.25) is 0 Å². The van der Waals surface area contributed by atoms with Crippen molar-refractivity contribution in [1.29, 1.82) is 0 Å². The predicted molar refractivity (Wildman–Crippen MR) is 98.3 cm³/mol. The van der Waals surface area contributed by atoms with E-state index in [-0.39, 0.29) is 0 Å². The summed E-state index contributed by atoms with van der Waals surface area (Å²) in [5.74, 6) is 0.846. The maximum absolute atomic E-state index is 4.59. The summed E-state index contributed by atoms with van der Waals surface area (Å²) in [4.78, 5) is 4.59.